The first-order valence-corrected chi connectivity index (χ1v) is 7.85. The highest BCUT2D eigenvalue weighted by molar-refractivity contribution is 5.90. The van der Waals surface area contributed by atoms with Crippen molar-refractivity contribution < 1.29 is 14.6 Å². The minimum absolute atomic E-state index is 0.0163. The molecule has 0 aliphatic carbocycles. The van der Waals surface area contributed by atoms with Crippen molar-refractivity contribution in [2.45, 2.75) is 6.04 Å². The third kappa shape index (κ3) is 5.19. The van der Waals surface area contributed by atoms with E-state index in [1.807, 2.05) is 36.4 Å². The van der Waals surface area contributed by atoms with Crippen LogP contribution in [0, 0.1) is 0 Å². The lowest BCUT2D eigenvalue weighted by molar-refractivity contribution is 0.0693. The van der Waals surface area contributed by atoms with Crippen LogP contribution < -0.4 is 10.5 Å². The lowest BCUT2D eigenvalue weighted by Crippen LogP contribution is -2.11. The van der Waals surface area contributed by atoms with Crippen LogP contribution in [0.1, 0.15) is 27.5 Å². The zero-order valence-corrected chi connectivity index (χ0v) is 14.0. The average molecular weight is 335 g/mol. The van der Waals surface area contributed by atoms with Crippen molar-refractivity contribution in [1.29, 1.82) is 0 Å². The third-order valence-corrected chi connectivity index (χ3v) is 3.65. The molecule has 3 aromatic carbocycles. The van der Waals surface area contributed by atoms with Gasteiger partial charge in [0.2, 0.25) is 0 Å². The van der Waals surface area contributed by atoms with E-state index in [0.29, 0.717) is 5.75 Å². The van der Waals surface area contributed by atoms with E-state index in [9.17, 15) is 4.79 Å². The molecule has 3 N–H and O–H groups in total. The molecule has 0 saturated heterocycles. The van der Waals surface area contributed by atoms with Gasteiger partial charge in [-0.1, -0.05) is 72.8 Å². The Morgan fingerprint density at radius 2 is 1.28 bits per heavy atom. The van der Waals surface area contributed by atoms with E-state index in [1.165, 1.54) is 13.2 Å². The molecule has 3 aromatic rings. The number of aromatic carboxylic acids is 1. The summed E-state index contributed by atoms with van der Waals surface area (Å²) in [5, 5.41) is 8.62. The second-order valence-electron chi connectivity index (χ2n) is 5.30. The maximum absolute atomic E-state index is 10.5. The van der Waals surface area contributed by atoms with Crippen molar-refractivity contribution in [3.63, 3.8) is 0 Å². The van der Waals surface area contributed by atoms with Gasteiger partial charge in [-0.05, 0) is 23.3 Å². The lowest BCUT2D eigenvalue weighted by atomic mass is 10.00. The molecule has 0 heterocycles. The molecule has 3 rings (SSSR count). The number of nitrogens with two attached hydrogens (primary N) is 1. The molecule has 0 radical (unpaired) electrons. The molecule has 0 atom stereocenters. The molecule has 0 fully saturated rings. The highest BCUT2D eigenvalue weighted by Crippen LogP contribution is 2.18. The van der Waals surface area contributed by atoms with Gasteiger partial charge >= 0.3 is 5.97 Å². The van der Waals surface area contributed by atoms with Crippen LogP contribution in [0.4, 0.5) is 0 Å². The van der Waals surface area contributed by atoms with Gasteiger partial charge in [-0.3, -0.25) is 0 Å². The van der Waals surface area contributed by atoms with Crippen LogP contribution in [0.5, 0.6) is 5.75 Å². The Morgan fingerprint density at radius 3 is 1.68 bits per heavy atom. The third-order valence-electron chi connectivity index (χ3n) is 3.65. The lowest BCUT2D eigenvalue weighted by Gasteiger charge is -2.11. The van der Waals surface area contributed by atoms with Crippen molar-refractivity contribution in [1.82, 2.24) is 0 Å². The number of para-hydroxylation sites is 1. The standard InChI is InChI=1S/C13H13N.C8H8O3/c14-13(11-7-3-1-4-8-11)12-9-5-2-6-10-12;1-11-7-5-3-2-4-6(7)8(9)10/h1-10,13H,14H2;2-5H,1H3,(H,9,10). The van der Waals surface area contributed by atoms with Crippen LogP contribution in [0.25, 0.3) is 0 Å². The van der Waals surface area contributed by atoms with Gasteiger partial charge in [0.15, 0.2) is 0 Å². The second-order valence-corrected chi connectivity index (χ2v) is 5.30. The molecule has 4 heteroatoms. The number of ether oxygens (including phenoxy) is 1. The zero-order chi connectivity index (χ0) is 18.1. The zero-order valence-electron chi connectivity index (χ0n) is 14.0. The number of carboxylic acids is 1. The van der Waals surface area contributed by atoms with E-state index in [0.717, 1.165) is 11.1 Å². The number of hydrogen-bond acceptors (Lipinski definition) is 3. The van der Waals surface area contributed by atoms with E-state index in [1.54, 1.807) is 18.2 Å². The van der Waals surface area contributed by atoms with Crippen LogP contribution in [-0.4, -0.2) is 18.2 Å². The molecule has 4 nitrogen and oxygen atoms in total. The highest BCUT2D eigenvalue weighted by atomic mass is 16.5. The summed E-state index contributed by atoms with van der Waals surface area (Å²) in [6.07, 6.45) is 0. The van der Waals surface area contributed by atoms with Gasteiger partial charge in [0.25, 0.3) is 0 Å². The van der Waals surface area contributed by atoms with Gasteiger partial charge in [-0.15, -0.1) is 0 Å². The molecule has 0 spiro atoms. The van der Waals surface area contributed by atoms with Crippen molar-refractivity contribution in [2.24, 2.45) is 5.73 Å². The maximum atomic E-state index is 10.5. The van der Waals surface area contributed by atoms with Crippen LogP contribution in [-0.2, 0) is 0 Å². The van der Waals surface area contributed by atoms with Crippen molar-refractivity contribution in [3.8, 4) is 5.75 Å². The number of carboxylic acid groups (broad SMARTS) is 1. The summed E-state index contributed by atoms with van der Waals surface area (Å²) in [7, 11) is 1.45. The minimum atomic E-state index is -0.970. The van der Waals surface area contributed by atoms with Crippen LogP contribution >= 0.6 is 0 Å². The van der Waals surface area contributed by atoms with Gasteiger partial charge in [0.1, 0.15) is 11.3 Å². The van der Waals surface area contributed by atoms with Gasteiger partial charge in [-0.25, -0.2) is 4.79 Å². The summed E-state index contributed by atoms with van der Waals surface area (Å²) >= 11 is 0. The Bertz CT molecular complexity index is 749. The Labute approximate surface area is 147 Å². The van der Waals surface area contributed by atoms with Crippen LogP contribution in [0.3, 0.4) is 0 Å². The Hall–Kier alpha value is -3.11. The van der Waals surface area contributed by atoms with Gasteiger partial charge in [-0.2, -0.15) is 0 Å². The van der Waals surface area contributed by atoms with E-state index < -0.39 is 5.97 Å². The van der Waals surface area contributed by atoms with Gasteiger partial charge < -0.3 is 15.6 Å². The number of hydrogen-bond donors (Lipinski definition) is 2. The summed E-state index contributed by atoms with van der Waals surface area (Å²) in [5.74, 6) is -0.581. The summed E-state index contributed by atoms with van der Waals surface area (Å²) < 4.78 is 4.83. The topological polar surface area (TPSA) is 72.5 Å². The first kappa shape index (κ1) is 18.2. The van der Waals surface area contributed by atoms with Crippen molar-refractivity contribution >= 4 is 5.97 Å². The molecule has 0 aliphatic rings. The van der Waals surface area contributed by atoms with E-state index in [-0.39, 0.29) is 11.6 Å². The van der Waals surface area contributed by atoms with Crippen LogP contribution in [0.15, 0.2) is 84.9 Å². The number of carbonyl (C=O) groups is 1. The molecule has 0 amide bonds. The quantitative estimate of drug-likeness (QED) is 0.752. The minimum Gasteiger partial charge on any atom is -0.496 e. The number of rotatable bonds is 4. The van der Waals surface area contributed by atoms with Crippen molar-refractivity contribution in [2.75, 3.05) is 7.11 Å². The Kier molecular flexibility index (Phi) is 6.75. The fraction of sp³-hybridized carbons (Fsp3) is 0.0952. The first-order valence-electron chi connectivity index (χ1n) is 7.85. The van der Waals surface area contributed by atoms with E-state index >= 15 is 0 Å². The molecule has 0 bridgehead atoms. The fourth-order valence-corrected chi connectivity index (χ4v) is 2.33. The molecular weight excluding hydrogens is 314 g/mol. The Balaban J connectivity index is 0.000000186. The summed E-state index contributed by atoms with van der Waals surface area (Å²) in [5.41, 5.74) is 8.61. The number of methoxy groups -OCH3 is 1. The first-order chi connectivity index (χ1) is 12.1. The largest absolute Gasteiger partial charge is 0.496 e. The maximum Gasteiger partial charge on any atom is 0.339 e. The van der Waals surface area contributed by atoms with Gasteiger partial charge in [0, 0.05) is 0 Å². The SMILES string of the molecule is COc1ccccc1C(=O)O.NC(c1ccccc1)c1ccccc1. The smallest absolute Gasteiger partial charge is 0.339 e. The summed E-state index contributed by atoms with van der Waals surface area (Å²) in [4.78, 5) is 10.5. The molecular formula is C21H21NO3. The predicted molar refractivity (Wildman–Crippen MR) is 98.9 cm³/mol. The normalized spacial score (nSPS) is 9.88. The fourth-order valence-electron chi connectivity index (χ4n) is 2.33. The highest BCUT2D eigenvalue weighted by Gasteiger charge is 2.08. The molecule has 0 aliphatic heterocycles. The Morgan fingerprint density at radius 1 is 0.840 bits per heavy atom. The van der Waals surface area contributed by atoms with Crippen molar-refractivity contribution in [3.05, 3.63) is 102 Å². The number of benzene rings is 3. The predicted octanol–water partition coefficient (Wildman–Crippen LogP) is 4.13. The molecule has 25 heavy (non-hydrogen) atoms. The average Bonchev–Trinajstić information content (AvgIpc) is 2.69. The van der Waals surface area contributed by atoms with E-state index in [4.69, 9.17) is 15.6 Å². The molecule has 128 valence electrons. The second kappa shape index (κ2) is 9.25. The molecule has 0 unspecified atom stereocenters. The molecule has 0 aromatic heterocycles. The summed E-state index contributed by atoms with van der Waals surface area (Å²) in [6, 6.07) is 26.7. The molecule has 0 saturated carbocycles. The van der Waals surface area contributed by atoms with Crippen LogP contribution in [0.2, 0.25) is 0 Å². The van der Waals surface area contributed by atoms with Gasteiger partial charge in [0.05, 0.1) is 13.2 Å². The summed E-state index contributed by atoms with van der Waals surface area (Å²) in [6.45, 7) is 0. The van der Waals surface area contributed by atoms with E-state index in [2.05, 4.69) is 24.3 Å². The monoisotopic (exact) mass is 335 g/mol.